The summed E-state index contributed by atoms with van der Waals surface area (Å²) in [4.78, 5) is 40.1. The van der Waals surface area contributed by atoms with Crippen LogP contribution in [-0.4, -0.2) is 28.4 Å². The number of nitrogens with one attached hydrogen (secondary N) is 1. The van der Waals surface area contributed by atoms with Gasteiger partial charge in [-0.05, 0) is 43.5 Å². The molecule has 6 heteroatoms. The second-order valence-corrected chi connectivity index (χ2v) is 7.79. The summed E-state index contributed by atoms with van der Waals surface area (Å²) in [5.74, 6) is -3.69. The first-order valence-corrected chi connectivity index (χ1v) is 9.27. The van der Waals surface area contributed by atoms with Crippen LogP contribution in [0.5, 0.6) is 0 Å². The summed E-state index contributed by atoms with van der Waals surface area (Å²) in [5.41, 5.74) is 1.57. The molecule has 2 fully saturated rings. The van der Waals surface area contributed by atoms with E-state index in [1.165, 1.54) is 11.8 Å². The lowest BCUT2D eigenvalue weighted by molar-refractivity contribution is -0.147. The van der Waals surface area contributed by atoms with Gasteiger partial charge in [0.05, 0.1) is 17.5 Å². The van der Waals surface area contributed by atoms with E-state index in [2.05, 4.69) is 5.32 Å². The van der Waals surface area contributed by atoms with Crippen LogP contribution in [0.25, 0.3) is 0 Å². The van der Waals surface area contributed by atoms with E-state index in [0.717, 1.165) is 16.7 Å². The molecular formula is C22H22N2O4. The molecule has 0 aliphatic carbocycles. The minimum atomic E-state index is -1.53. The Bertz CT molecular complexity index is 1000. The van der Waals surface area contributed by atoms with E-state index in [1.54, 1.807) is 12.1 Å². The van der Waals surface area contributed by atoms with E-state index in [9.17, 15) is 19.5 Å². The van der Waals surface area contributed by atoms with Gasteiger partial charge in [0.25, 0.3) is 0 Å². The highest BCUT2D eigenvalue weighted by atomic mass is 16.4. The van der Waals surface area contributed by atoms with Gasteiger partial charge in [0.1, 0.15) is 5.54 Å². The van der Waals surface area contributed by atoms with Gasteiger partial charge in [-0.15, -0.1) is 0 Å². The van der Waals surface area contributed by atoms with E-state index in [4.69, 9.17) is 0 Å². The van der Waals surface area contributed by atoms with Crippen LogP contribution in [0.4, 0.5) is 5.69 Å². The fourth-order valence-corrected chi connectivity index (χ4v) is 4.59. The van der Waals surface area contributed by atoms with Crippen molar-refractivity contribution in [1.29, 1.82) is 0 Å². The van der Waals surface area contributed by atoms with Crippen LogP contribution < -0.4 is 10.2 Å². The highest BCUT2D eigenvalue weighted by molar-refractivity contribution is 6.24. The van der Waals surface area contributed by atoms with E-state index in [0.29, 0.717) is 5.69 Å². The summed E-state index contributed by atoms with van der Waals surface area (Å²) in [6.07, 6.45) is 0. The number of nitrogens with zero attached hydrogens (tertiary/aromatic N) is 1. The van der Waals surface area contributed by atoms with Crippen molar-refractivity contribution >= 4 is 23.5 Å². The maximum Gasteiger partial charge on any atom is 0.324 e. The number of anilines is 1. The van der Waals surface area contributed by atoms with Gasteiger partial charge in [-0.2, -0.15) is 0 Å². The molecule has 0 radical (unpaired) electrons. The van der Waals surface area contributed by atoms with Crippen molar-refractivity contribution in [2.45, 2.75) is 32.4 Å². The first kappa shape index (κ1) is 18.4. The number of hydrogen-bond acceptors (Lipinski definition) is 4. The highest BCUT2D eigenvalue weighted by Gasteiger charge is 2.67. The van der Waals surface area contributed by atoms with Crippen molar-refractivity contribution < 1.29 is 19.5 Å². The average Bonchev–Trinajstić information content (AvgIpc) is 3.11. The molecule has 2 aliphatic rings. The Labute approximate surface area is 163 Å². The second-order valence-electron chi connectivity index (χ2n) is 7.79. The minimum absolute atomic E-state index is 0.352. The molecule has 4 rings (SSSR count). The third-order valence-electron chi connectivity index (χ3n) is 6.11. The topological polar surface area (TPSA) is 86.7 Å². The van der Waals surface area contributed by atoms with Crippen LogP contribution in [0.15, 0.2) is 48.5 Å². The number of benzene rings is 2. The zero-order valence-corrected chi connectivity index (χ0v) is 16.0. The van der Waals surface area contributed by atoms with Crippen molar-refractivity contribution in [3.05, 3.63) is 65.2 Å². The molecule has 0 bridgehead atoms. The van der Waals surface area contributed by atoms with E-state index < -0.39 is 35.3 Å². The van der Waals surface area contributed by atoms with E-state index in [1.807, 2.05) is 50.2 Å². The maximum atomic E-state index is 13.4. The summed E-state index contributed by atoms with van der Waals surface area (Å²) in [7, 11) is 0. The Morgan fingerprint density at radius 2 is 1.61 bits per heavy atom. The molecule has 2 amide bonds. The summed E-state index contributed by atoms with van der Waals surface area (Å²) < 4.78 is 0. The zero-order chi connectivity index (χ0) is 20.2. The van der Waals surface area contributed by atoms with Crippen molar-refractivity contribution in [2.24, 2.45) is 11.8 Å². The van der Waals surface area contributed by atoms with Crippen molar-refractivity contribution in [1.82, 2.24) is 5.32 Å². The molecule has 2 aromatic rings. The van der Waals surface area contributed by atoms with Gasteiger partial charge in [0, 0.05) is 6.04 Å². The molecular weight excluding hydrogens is 356 g/mol. The standard InChI is InChI=1S/C22H22N2O4/c1-12-8-4-6-10-14(12)18-16-17(22(3,23-18)21(27)28)20(26)24(19(16)25)15-11-7-5-9-13(15)2/h4-11,16-18,23H,1-3H3,(H,27,28). The molecule has 4 unspecified atom stereocenters. The first-order chi connectivity index (χ1) is 13.3. The molecule has 0 spiro atoms. The first-order valence-electron chi connectivity index (χ1n) is 9.27. The van der Waals surface area contributed by atoms with Crippen LogP contribution in [0, 0.1) is 25.7 Å². The lowest BCUT2D eigenvalue weighted by Gasteiger charge is -2.28. The van der Waals surface area contributed by atoms with Gasteiger partial charge in [0.2, 0.25) is 11.8 Å². The normalized spacial score (nSPS) is 29.2. The Morgan fingerprint density at radius 3 is 2.21 bits per heavy atom. The molecule has 28 heavy (non-hydrogen) atoms. The quantitative estimate of drug-likeness (QED) is 0.802. The SMILES string of the molecule is Cc1ccccc1C1NC(C)(C(=O)O)C2C(=O)N(c3ccccc3C)C(=O)C12. The fourth-order valence-electron chi connectivity index (χ4n) is 4.59. The van der Waals surface area contributed by atoms with Crippen LogP contribution in [0.3, 0.4) is 0 Å². The second kappa shape index (κ2) is 6.27. The van der Waals surface area contributed by atoms with Crippen LogP contribution in [0.2, 0.25) is 0 Å². The molecule has 4 atom stereocenters. The molecule has 0 aromatic heterocycles. The largest absolute Gasteiger partial charge is 0.480 e. The van der Waals surface area contributed by atoms with E-state index >= 15 is 0 Å². The molecule has 2 aliphatic heterocycles. The van der Waals surface area contributed by atoms with Crippen molar-refractivity contribution in [3.63, 3.8) is 0 Å². The lowest BCUT2D eigenvalue weighted by Crippen LogP contribution is -2.53. The molecule has 144 valence electrons. The lowest BCUT2D eigenvalue weighted by atomic mass is 9.80. The number of carbonyl (C=O) groups is 3. The summed E-state index contributed by atoms with van der Waals surface area (Å²) in [6, 6.07) is 14.2. The van der Waals surface area contributed by atoms with Crippen LogP contribution in [0.1, 0.15) is 29.7 Å². The average molecular weight is 378 g/mol. The summed E-state index contributed by atoms with van der Waals surface area (Å²) in [5, 5.41) is 13.0. The molecule has 2 aromatic carbocycles. The van der Waals surface area contributed by atoms with E-state index in [-0.39, 0.29) is 5.91 Å². The number of rotatable bonds is 3. The number of carboxylic acids is 1. The number of para-hydroxylation sites is 1. The number of fused-ring (bicyclic) bond motifs is 1. The Kier molecular flexibility index (Phi) is 4.12. The highest BCUT2D eigenvalue weighted by Crippen LogP contribution is 2.50. The third kappa shape index (κ3) is 2.41. The van der Waals surface area contributed by atoms with Gasteiger partial charge in [-0.25, -0.2) is 4.90 Å². The number of amides is 2. The Balaban J connectivity index is 1.87. The third-order valence-corrected chi connectivity index (χ3v) is 6.11. The Morgan fingerprint density at radius 1 is 1.00 bits per heavy atom. The number of aliphatic carboxylic acids is 1. The maximum absolute atomic E-state index is 13.4. The van der Waals surface area contributed by atoms with Crippen LogP contribution >= 0.6 is 0 Å². The predicted molar refractivity (Wildman–Crippen MR) is 104 cm³/mol. The smallest absolute Gasteiger partial charge is 0.324 e. The number of carbonyl (C=O) groups excluding carboxylic acids is 2. The molecule has 0 saturated carbocycles. The zero-order valence-electron chi connectivity index (χ0n) is 16.0. The van der Waals surface area contributed by atoms with Gasteiger partial charge < -0.3 is 5.11 Å². The van der Waals surface area contributed by atoms with Gasteiger partial charge in [0.15, 0.2) is 0 Å². The van der Waals surface area contributed by atoms with Gasteiger partial charge >= 0.3 is 5.97 Å². The van der Waals surface area contributed by atoms with Crippen LogP contribution in [-0.2, 0) is 14.4 Å². The molecule has 6 nitrogen and oxygen atoms in total. The molecule has 2 heterocycles. The van der Waals surface area contributed by atoms with Gasteiger partial charge in [-0.3, -0.25) is 19.7 Å². The Hall–Kier alpha value is -2.99. The van der Waals surface area contributed by atoms with Crippen molar-refractivity contribution in [3.8, 4) is 0 Å². The predicted octanol–water partition coefficient (Wildman–Crippen LogP) is 2.60. The molecule has 2 N–H and O–H groups in total. The van der Waals surface area contributed by atoms with Crippen molar-refractivity contribution in [2.75, 3.05) is 4.90 Å². The van der Waals surface area contributed by atoms with Gasteiger partial charge in [-0.1, -0.05) is 42.5 Å². The number of imide groups is 1. The molecule has 2 saturated heterocycles. The monoisotopic (exact) mass is 378 g/mol. The number of aryl methyl sites for hydroxylation is 2. The summed E-state index contributed by atoms with van der Waals surface area (Å²) >= 11 is 0. The number of carboxylic acid groups (broad SMARTS) is 1. The minimum Gasteiger partial charge on any atom is -0.480 e. The fraction of sp³-hybridized carbons (Fsp3) is 0.318. The summed E-state index contributed by atoms with van der Waals surface area (Å²) in [6.45, 7) is 5.25. The number of hydrogen-bond donors (Lipinski definition) is 2.